The number of fused-ring (bicyclic) bond motifs is 2. The molecule has 0 fully saturated rings. The van der Waals surface area contributed by atoms with Gasteiger partial charge in [0.15, 0.2) is 0 Å². The maximum Gasteiger partial charge on any atom is 0.416 e. The molecule has 1 N–H and O–H groups in total. The first-order valence-electron chi connectivity index (χ1n) is 11.9. The van der Waals surface area contributed by atoms with Crippen LogP contribution in [0, 0.1) is 5.82 Å². The van der Waals surface area contributed by atoms with Crippen molar-refractivity contribution in [3.05, 3.63) is 107 Å². The monoisotopic (exact) mass is 508 g/mol. The Morgan fingerprint density at radius 1 is 1.03 bits per heavy atom. The number of hydrogen-bond donors (Lipinski definition) is 1. The number of rotatable bonds is 5. The summed E-state index contributed by atoms with van der Waals surface area (Å²) in [7, 11) is 0. The molecule has 0 saturated heterocycles. The number of hydrogen-bond acceptors (Lipinski definition) is 3. The molecule has 1 heterocycles. The molecule has 1 amide bonds. The van der Waals surface area contributed by atoms with E-state index in [0.29, 0.717) is 30.1 Å². The lowest BCUT2D eigenvalue weighted by Crippen LogP contribution is -2.48. The zero-order chi connectivity index (χ0) is 26.2. The van der Waals surface area contributed by atoms with Crippen LogP contribution >= 0.6 is 0 Å². The Balaban J connectivity index is 1.38. The van der Waals surface area contributed by atoms with Crippen LogP contribution in [0.25, 0.3) is 10.8 Å². The van der Waals surface area contributed by atoms with E-state index in [1.165, 1.54) is 4.90 Å². The first-order chi connectivity index (χ1) is 17.7. The quantitative estimate of drug-likeness (QED) is 0.303. The molecule has 0 bridgehead atoms. The SMILES string of the molecule is C[C@@H](NCC1CN(C(=O)c2cc(F)cc(C(F)(F)F)c2)c2ccccc2O1)c1cccc2ccccc12. The third kappa shape index (κ3) is 5.15. The van der Waals surface area contributed by atoms with Gasteiger partial charge in [-0.2, -0.15) is 13.2 Å². The Labute approximate surface area is 211 Å². The van der Waals surface area contributed by atoms with E-state index in [2.05, 4.69) is 17.4 Å². The smallest absolute Gasteiger partial charge is 0.416 e. The van der Waals surface area contributed by atoms with E-state index in [0.717, 1.165) is 22.4 Å². The van der Waals surface area contributed by atoms with Gasteiger partial charge in [0, 0.05) is 18.2 Å². The molecule has 0 saturated carbocycles. The molecular formula is C29H24F4N2O2. The van der Waals surface area contributed by atoms with Crippen LogP contribution in [0.2, 0.25) is 0 Å². The second-order valence-corrected chi connectivity index (χ2v) is 9.05. The molecule has 0 spiro atoms. The number of ether oxygens (including phenoxy) is 1. The van der Waals surface area contributed by atoms with Gasteiger partial charge in [-0.1, -0.05) is 54.6 Å². The Morgan fingerprint density at radius 3 is 2.57 bits per heavy atom. The van der Waals surface area contributed by atoms with Crippen LogP contribution in [-0.4, -0.2) is 25.1 Å². The summed E-state index contributed by atoms with van der Waals surface area (Å²) in [4.78, 5) is 14.7. The van der Waals surface area contributed by atoms with Crippen molar-refractivity contribution in [2.75, 3.05) is 18.0 Å². The lowest BCUT2D eigenvalue weighted by Gasteiger charge is -2.35. The van der Waals surface area contributed by atoms with Crippen molar-refractivity contribution >= 4 is 22.4 Å². The molecule has 37 heavy (non-hydrogen) atoms. The van der Waals surface area contributed by atoms with Crippen molar-refractivity contribution in [3.63, 3.8) is 0 Å². The predicted molar refractivity (Wildman–Crippen MR) is 134 cm³/mol. The highest BCUT2D eigenvalue weighted by atomic mass is 19.4. The minimum Gasteiger partial charge on any atom is -0.485 e. The van der Waals surface area contributed by atoms with Crippen molar-refractivity contribution in [2.24, 2.45) is 0 Å². The van der Waals surface area contributed by atoms with E-state index in [9.17, 15) is 22.4 Å². The van der Waals surface area contributed by atoms with Crippen LogP contribution in [0.4, 0.5) is 23.2 Å². The van der Waals surface area contributed by atoms with Crippen molar-refractivity contribution in [3.8, 4) is 5.75 Å². The van der Waals surface area contributed by atoms with Crippen molar-refractivity contribution in [2.45, 2.75) is 25.2 Å². The molecule has 4 aromatic rings. The van der Waals surface area contributed by atoms with E-state index >= 15 is 0 Å². The molecular weight excluding hydrogens is 484 g/mol. The van der Waals surface area contributed by atoms with Gasteiger partial charge in [0.1, 0.15) is 17.7 Å². The van der Waals surface area contributed by atoms with Crippen LogP contribution in [0.5, 0.6) is 5.75 Å². The van der Waals surface area contributed by atoms with Gasteiger partial charge in [-0.05, 0) is 53.6 Å². The molecule has 5 rings (SSSR count). The zero-order valence-electron chi connectivity index (χ0n) is 19.9. The minimum absolute atomic E-state index is 0.0337. The molecule has 0 radical (unpaired) electrons. The summed E-state index contributed by atoms with van der Waals surface area (Å²) < 4.78 is 59.9. The molecule has 0 aliphatic carbocycles. The van der Waals surface area contributed by atoms with Gasteiger partial charge in [0.05, 0.1) is 17.8 Å². The van der Waals surface area contributed by atoms with Crippen molar-refractivity contribution in [1.29, 1.82) is 0 Å². The predicted octanol–water partition coefficient (Wildman–Crippen LogP) is 6.76. The molecule has 4 aromatic carbocycles. The van der Waals surface area contributed by atoms with Gasteiger partial charge in [-0.25, -0.2) is 4.39 Å². The third-order valence-electron chi connectivity index (χ3n) is 6.49. The highest BCUT2D eigenvalue weighted by Crippen LogP contribution is 2.36. The maximum absolute atomic E-state index is 14.0. The topological polar surface area (TPSA) is 41.6 Å². The number of carbonyl (C=O) groups excluding carboxylic acids is 1. The Bertz CT molecular complexity index is 1450. The molecule has 1 aliphatic rings. The van der Waals surface area contributed by atoms with Crippen LogP contribution in [-0.2, 0) is 6.18 Å². The first-order valence-corrected chi connectivity index (χ1v) is 11.9. The van der Waals surface area contributed by atoms with Gasteiger partial charge in [-0.15, -0.1) is 0 Å². The van der Waals surface area contributed by atoms with Crippen LogP contribution < -0.4 is 15.0 Å². The molecule has 8 heteroatoms. The van der Waals surface area contributed by atoms with Crippen LogP contribution in [0.15, 0.2) is 84.9 Å². The Hall–Kier alpha value is -3.91. The van der Waals surface area contributed by atoms with Gasteiger partial charge < -0.3 is 15.0 Å². The van der Waals surface area contributed by atoms with Gasteiger partial charge >= 0.3 is 6.18 Å². The fourth-order valence-electron chi connectivity index (χ4n) is 4.68. The number of anilines is 1. The number of nitrogens with zero attached hydrogens (tertiary/aromatic N) is 1. The van der Waals surface area contributed by atoms with Crippen LogP contribution in [0.1, 0.15) is 34.5 Å². The first kappa shape index (κ1) is 24.8. The number of halogens is 4. The summed E-state index contributed by atoms with van der Waals surface area (Å²) in [6.45, 7) is 2.50. The summed E-state index contributed by atoms with van der Waals surface area (Å²) in [5.41, 5.74) is -0.0512. The summed E-state index contributed by atoms with van der Waals surface area (Å²) in [6.07, 6.45) is -5.25. The lowest BCUT2D eigenvalue weighted by molar-refractivity contribution is -0.137. The number of nitrogens with one attached hydrogen (secondary N) is 1. The summed E-state index contributed by atoms with van der Waals surface area (Å²) >= 11 is 0. The average Bonchev–Trinajstić information content (AvgIpc) is 2.89. The second kappa shape index (κ2) is 9.86. The largest absolute Gasteiger partial charge is 0.485 e. The lowest BCUT2D eigenvalue weighted by atomic mass is 9.99. The normalized spacial score (nSPS) is 16.2. The third-order valence-corrected chi connectivity index (χ3v) is 6.49. The molecule has 1 aliphatic heterocycles. The molecule has 4 nitrogen and oxygen atoms in total. The minimum atomic E-state index is -4.77. The van der Waals surface area contributed by atoms with Crippen molar-refractivity contribution in [1.82, 2.24) is 5.32 Å². The van der Waals surface area contributed by atoms with E-state index in [4.69, 9.17) is 4.74 Å². The summed E-state index contributed by atoms with van der Waals surface area (Å²) in [5, 5.41) is 5.71. The average molecular weight is 509 g/mol. The number of amides is 1. The number of alkyl halides is 3. The standard InChI is InChI=1S/C29H24F4N2O2/c1-18(24-10-6-8-19-7-2-3-9-25(19)24)34-16-23-17-35(26-11-4-5-12-27(26)37-23)28(36)20-13-21(29(31,32)33)15-22(30)14-20/h2-15,18,23,34H,16-17H2,1H3/t18-,23?/m1/s1. The van der Waals surface area contributed by atoms with E-state index < -0.39 is 29.6 Å². The van der Waals surface area contributed by atoms with E-state index in [1.54, 1.807) is 24.3 Å². The number of para-hydroxylation sites is 2. The number of benzene rings is 4. The van der Waals surface area contributed by atoms with E-state index in [1.807, 2.05) is 37.3 Å². The fourth-order valence-corrected chi connectivity index (χ4v) is 4.68. The zero-order valence-corrected chi connectivity index (χ0v) is 19.9. The summed E-state index contributed by atoms with van der Waals surface area (Å²) in [5.74, 6) is -1.42. The second-order valence-electron chi connectivity index (χ2n) is 9.05. The summed E-state index contributed by atoms with van der Waals surface area (Å²) in [6, 6.07) is 22.8. The van der Waals surface area contributed by atoms with Crippen LogP contribution in [0.3, 0.4) is 0 Å². The fraction of sp³-hybridized carbons (Fsp3) is 0.207. The van der Waals surface area contributed by atoms with Gasteiger partial charge in [0.25, 0.3) is 5.91 Å². The maximum atomic E-state index is 14.0. The highest BCUT2D eigenvalue weighted by Gasteiger charge is 2.34. The Morgan fingerprint density at radius 2 is 1.76 bits per heavy atom. The Kier molecular flexibility index (Phi) is 6.60. The molecule has 2 atom stereocenters. The van der Waals surface area contributed by atoms with Gasteiger partial charge in [0.2, 0.25) is 0 Å². The molecule has 190 valence electrons. The highest BCUT2D eigenvalue weighted by molar-refractivity contribution is 6.07. The molecule has 0 aromatic heterocycles. The van der Waals surface area contributed by atoms with Crippen molar-refractivity contribution < 1.29 is 27.1 Å². The molecule has 1 unspecified atom stereocenters. The van der Waals surface area contributed by atoms with E-state index in [-0.39, 0.29) is 18.2 Å². The number of carbonyl (C=O) groups is 1. The van der Waals surface area contributed by atoms with Gasteiger partial charge in [-0.3, -0.25) is 4.79 Å².